The van der Waals surface area contributed by atoms with Gasteiger partial charge in [0.15, 0.2) is 0 Å². The predicted octanol–water partition coefficient (Wildman–Crippen LogP) is 10.9. The molecule has 0 amide bonds. The third-order valence-electron chi connectivity index (χ3n) is 8.76. The van der Waals surface area contributed by atoms with E-state index in [4.69, 9.17) is 50.5 Å². The fourth-order valence-electron chi connectivity index (χ4n) is 4.17. The zero-order valence-corrected chi connectivity index (χ0v) is 55.6. The van der Waals surface area contributed by atoms with Crippen LogP contribution in [0.5, 0.6) is 0 Å². The van der Waals surface area contributed by atoms with Crippen LogP contribution in [-0.2, 0) is 184 Å². The predicted molar refractivity (Wildman–Crippen MR) is 263 cm³/mol. The number of hydrogen-bond donors (Lipinski definition) is 0. The molecule has 0 saturated carbocycles. The molecule has 312 valence electrons. The summed E-state index contributed by atoms with van der Waals surface area (Å²) < 4.78 is 4.49. The summed E-state index contributed by atoms with van der Waals surface area (Å²) in [6, 6.07) is 0. The molecule has 0 atom stereocenters. The Morgan fingerprint density at radius 1 is 0.365 bits per heavy atom. The van der Waals surface area contributed by atoms with Gasteiger partial charge in [-0.2, -0.15) is 27.8 Å². The summed E-state index contributed by atoms with van der Waals surface area (Å²) in [6.45, 7) is 49.2. The van der Waals surface area contributed by atoms with Crippen molar-refractivity contribution in [2.75, 3.05) is 0 Å². The van der Waals surface area contributed by atoms with E-state index in [9.17, 15) is 0 Å². The van der Waals surface area contributed by atoms with Crippen molar-refractivity contribution >= 4 is 137 Å². The average Bonchev–Trinajstić information content (AvgIpc) is 3.15. The summed E-state index contributed by atoms with van der Waals surface area (Å²) in [6.07, 6.45) is 0. The molecule has 0 unspecified atom stereocenters. The first-order valence-corrected chi connectivity index (χ1v) is 31.4. The molecule has 0 N–H and O–H groups in total. The first kappa shape index (κ1) is 80.0. The van der Waals surface area contributed by atoms with Crippen LogP contribution in [0.4, 0.5) is 0 Å². The molecule has 0 aliphatic heterocycles. The van der Waals surface area contributed by atoms with Crippen LogP contribution in [0.15, 0.2) is 18.1 Å². The second kappa shape index (κ2) is 32.6. The van der Waals surface area contributed by atoms with E-state index in [1.165, 1.54) is 55.6 Å². The SMILES string of the molecule is C[Si](C)(C)C([S-])=C([S-])[Si](C)(C)C.C[Si](C)(C)C([S-])=C([S-])[Si](C)(C)C.C[c-]1[c-](C)[c-](C)[c-](C)[c-]1C.Cc1c(C)c(C)[c-](C)c1C.[Re].[Re].[Ru+5].[Ru+5].[SH-].[SH-].[SH-].[SH-]. The van der Waals surface area contributed by atoms with Crippen molar-refractivity contribution in [3.05, 3.63) is 73.7 Å². The van der Waals surface area contributed by atoms with E-state index in [1.54, 1.807) is 0 Å². The van der Waals surface area contributed by atoms with Crippen molar-refractivity contribution in [3.63, 3.8) is 0 Å². The molecule has 0 aliphatic rings. The van der Waals surface area contributed by atoms with E-state index >= 15 is 0 Å². The summed E-state index contributed by atoms with van der Waals surface area (Å²) >= 11 is 21.7. The Morgan fingerprint density at radius 3 is 0.538 bits per heavy atom. The van der Waals surface area contributed by atoms with E-state index in [1.807, 2.05) is 0 Å². The fourth-order valence-corrected chi connectivity index (χ4v) is 15.1. The van der Waals surface area contributed by atoms with Crippen molar-refractivity contribution in [2.45, 2.75) is 148 Å². The van der Waals surface area contributed by atoms with Gasteiger partial charge in [-0.15, -0.1) is 0 Å². The molecule has 0 spiro atoms. The number of rotatable bonds is 4. The Bertz CT molecular complexity index is 1040. The van der Waals surface area contributed by atoms with Crippen LogP contribution in [0.3, 0.4) is 0 Å². The van der Waals surface area contributed by atoms with Gasteiger partial charge in [0.25, 0.3) is 0 Å². The van der Waals surface area contributed by atoms with Crippen molar-refractivity contribution in [2.24, 2.45) is 0 Å². The second-order valence-electron chi connectivity index (χ2n) is 16.6. The smallest absolute Gasteiger partial charge is 0.813 e. The van der Waals surface area contributed by atoms with Crippen LogP contribution < -0.4 is 0 Å². The van der Waals surface area contributed by atoms with Crippen molar-refractivity contribution in [1.82, 2.24) is 0 Å². The van der Waals surface area contributed by atoms with Crippen LogP contribution in [0.1, 0.15) is 55.6 Å². The van der Waals surface area contributed by atoms with E-state index in [-0.39, 0.29) is 134 Å². The molecule has 0 saturated heterocycles. The van der Waals surface area contributed by atoms with E-state index in [0.717, 1.165) is 18.1 Å². The monoisotopic (exact) mass is 1450 g/mol. The van der Waals surface area contributed by atoms with Crippen LogP contribution >= 0.6 is 0 Å². The Hall–Kier alpha value is 3.90. The molecular formula is C36H70Re2Ru2S8Si4-4. The largest absolute Gasteiger partial charge is 5.00 e. The minimum absolute atomic E-state index is 0. The van der Waals surface area contributed by atoms with Gasteiger partial charge in [0.05, 0.1) is 0 Å². The van der Waals surface area contributed by atoms with Crippen molar-refractivity contribution < 1.29 is 79.8 Å². The normalized spacial score (nSPS) is 11.3. The third kappa shape index (κ3) is 26.2. The van der Waals surface area contributed by atoms with Gasteiger partial charge >= 0.3 is 39.0 Å². The maximum atomic E-state index is 5.42. The second-order valence-corrected chi connectivity index (χ2v) is 39.6. The summed E-state index contributed by atoms with van der Waals surface area (Å²) in [7, 11) is -5.23. The Morgan fingerprint density at radius 2 is 0.481 bits per heavy atom. The van der Waals surface area contributed by atoms with Gasteiger partial charge in [0.2, 0.25) is 0 Å². The minimum Gasteiger partial charge on any atom is -0.813 e. The molecule has 0 aromatic heterocycles. The molecule has 0 bridgehead atoms. The summed E-state index contributed by atoms with van der Waals surface area (Å²) in [5.74, 6) is 0. The standard InChI is InChI=1S/2C10H15.2C8H20S2Si2.2Re.2Ru.4H2S/c2*1-6-7(2)9(4)10(5)8(6)3;2*1-11(2,3)7(9)8(10)12(4,5)6;;;;;;;;/h2*1-5H3;2*9-10H,1-6H3;;;;;4*1H2/q-5;-1;;;;;2*+5;;;;/p-8. The summed E-state index contributed by atoms with van der Waals surface area (Å²) in [5, 5.41) is 0. The van der Waals surface area contributed by atoms with Crippen molar-refractivity contribution in [1.29, 1.82) is 0 Å². The molecule has 2 rings (SSSR count). The summed E-state index contributed by atoms with van der Waals surface area (Å²) in [5.41, 5.74) is 14.7. The van der Waals surface area contributed by atoms with Crippen LogP contribution in [0.25, 0.3) is 0 Å². The first-order chi connectivity index (χ1) is 19.2. The van der Waals surface area contributed by atoms with Gasteiger partial charge in [0.1, 0.15) is 0 Å². The Labute approximate surface area is 432 Å². The maximum absolute atomic E-state index is 5.42. The zero-order chi connectivity index (χ0) is 36.1. The molecule has 52 heavy (non-hydrogen) atoms. The van der Waals surface area contributed by atoms with Gasteiger partial charge in [0, 0.05) is 73.1 Å². The van der Waals surface area contributed by atoms with Gasteiger partial charge < -0.3 is 132 Å². The molecule has 0 fully saturated rings. The molecule has 4 radical (unpaired) electrons. The van der Waals surface area contributed by atoms with Gasteiger partial charge in [-0.05, 0) is 0 Å². The van der Waals surface area contributed by atoms with E-state index < -0.39 is 32.3 Å². The van der Waals surface area contributed by atoms with Crippen LogP contribution in [0.2, 0.25) is 78.6 Å². The van der Waals surface area contributed by atoms with E-state index in [0.29, 0.717) is 0 Å². The van der Waals surface area contributed by atoms with E-state index in [2.05, 4.69) is 148 Å². The molecule has 0 nitrogen and oxygen atoms in total. The van der Waals surface area contributed by atoms with Crippen LogP contribution in [-0.4, -0.2) is 32.3 Å². The van der Waals surface area contributed by atoms with Crippen molar-refractivity contribution in [3.8, 4) is 0 Å². The average molecular weight is 1450 g/mol. The molecule has 2 aromatic rings. The fraction of sp³-hybridized carbons (Fsp3) is 0.611. The topological polar surface area (TPSA) is 0 Å². The first-order valence-electron chi connectivity index (χ1n) is 15.8. The summed E-state index contributed by atoms with van der Waals surface area (Å²) in [4.78, 5) is 0. The van der Waals surface area contributed by atoms with Crippen LogP contribution in [0, 0.1) is 69.2 Å². The minimum atomic E-state index is -1.31. The Kier molecular flexibility index (Phi) is 50.2. The molecule has 0 heterocycles. The number of thiol groups is 4. The molecular weight excluding hydrogens is 1380 g/mol. The van der Waals surface area contributed by atoms with Gasteiger partial charge in [-0.3, -0.25) is 0 Å². The zero-order valence-electron chi connectivity index (χ0n) is 35.9. The molecule has 16 heteroatoms. The molecule has 2 aromatic carbocycles. The Balaban J connectivity index is -0.0000000539. The number of hydrogen-bond acceptors (Lipinski definition) is 8. The molecule has 0 aliphatic carbocycles. The maximum Gasteiger partial charge on any atom is 5.00 e. The van der Waals surface area contributed by atoms with Gasteiger partial charge in [-0.1, -0.05) is 113 Å². The quantitative estimate of drug-likeness (QED) is 0.127. The van der Waals surface area contributed by atoms with Gasteiger partial charge in [-0.25, -0.2) is 52.7 Å². The third-order valence-corrected chi connectivity index (χ3v) is 24.9.